The highest BCUT2D eigenvalue weighted by Gasteiger charge is 2.31. The number of hydrogen-bond donors (Lipinski definition) is 1. The minimum atomic E-state index is 0.0834. The molecule has 0 radical (unpaired) electrons. The van der Waals surface area contributed by atoms with E-state index in [1.54, 1.807) is 0 Å². The minimum absolute atomic E-state index is 0.0834. The van der Waals surface area contributed by atoms with E-state index in [2.05, 4.69) is 28.9 Å². The summed E-state index contributed by atoms with van der Waals surface area (Å²) in [5.41, 5.74) is 0.0834. The number of nitrogens with zero attached hydrogens (tertiary/aromatic N) is 1. The van der Waals surface area contributed by atoms with Gasteiger partial charge in [0.15, 0.2) is 0 Å². The van der Waals surface area contributed by atoms with Gasteiger partial charge in [0.25, 0.3) is 0 Å². The zero-order valence-electron chi connectivity index (χ0n) is 10.5. The Kier molecular flexibility index (Phi) is 4.53. The van der Waals surface area contributed by atoms with Crippen LogP contribution in [0.2, 0.25) is 0 Å². The molecule has 0 amide bonds. The molecule has 0 aromatic rings. The Morgan fingerprint density at radius 1 is 1.56 bits per heavy atom. The molecule has 2 atom stereocenters. The zero-order valence-corrected chi connectivity index (χ0v) is 11.3. The minimum Gasteiger partial charge on any atom is -0.377 e. The van der Waals surface area contributed by atoms with Crippen LogP contribution in [0.3, 0.4) is 0 Å². The third kappa shape index (κ3) is 3.36. The van der Waals surface area contributed by atoms with Gasteiger partial charge in [-0.05, 0) is 26.3 Å². The summed E-state index contributed by atoms with van der Waals surface area (Å²) < 4.78 is 5.63. The molecular formula is C12H24N2OS. The third-order valence-electron chi connectivity index (χ3n) is 3.71. The van der Waals surface area contributed by atoms with Crippen molar-refractivity contribution in [2.75, 3.05) is 44.8 Å². The van der Waals surface area contributed by atoms with Gasteiger partial charge in [0, 0.05) is 44.3 Å². The van der Waals surface area contributed by atoms with Gasteiger partial charge in [-0.1, -0.05) is 0 Å². The van der Waals surface area contributed by atoms with Crippen molar-refractivity contribution in [2.45, 2.75) is 31.4 Å². The number of piperidine rings is 1. The van der Waals surface area contributed by atoms with E-state index >= 15 is 0 Å². The van der Waals surface area contributed by atoms with Crippen molar-refractivity contribution in [3.63, 3.8) is 0 Å². The van der Waals surface area contributed by atoms with Crippen molar-refractivity contribution >= 4 is 11.8 Å². The van der Waals surface area contributed by atoms with Crippen LogP contribution in [0.5, 0.6) is 0 Å². The Morgan fingerprint density at radius 2 is 2.44 bits per heavy atom. The molecule has 4 heteroatoms. The second-order valence-electron chi connectivity index (χ2n) is 5.22. The average molecular weight is 244 g/mol. The van der Waals surface area contributed by atoms with Crippen molar-refractivity contribution in [1.29, 1.82) is 0 Å². The van der Waals surface area contributed by atoms with Gasteiger partial charge in [-0.15, -0.1) is 0 Å². The summed E-state index contributed by atoms with van der Waals surface area (Å²) >= 11 is 2.08. The van der Waals surface area contributed by atoms with Gasteiger partial charge in [-0.3, -0.25) is 4.90 Å². The number of rotatable bonds is 3. The first-order valence-electron chi connectivity index (χ1n) is 6.30. The maximum Gasteiger partial charge on any atom is 0.0777 e. The van der Waals surface area contributed by atoms with E-state index in [-0.39, 0.29) is 5.60 Å². The van der Waals surface area contributed by atoms with Crippen molar-refractivity contribution in [3.05, 3.63) is 0 Å². The molecule has 2 aliphatic rings. The number of likely N-dealkylation sites (tertiary alicyclic amines) is 1. The number of hydrogen-bond acceptors (Lipinski definition) is 4. The molecule has 0 saturated carbocycles. The summed E-state index contributed by atoms with van der Waals surface area (Å²) in [5, 5.41) is 3.61. The molecule has 0 aromatic heterocycles. The highest BCUT2D eigenvalue weighted by molar-refractivity contribution is 7.99. The van der Waals surface area contributed by atoms with Crippen LogP contribution in [0, 0.1) is 0 Å². The van der Waals surface area contributed by atoms with E-state index in [0.717, 1.165) is 6.54 Å². The lowest BCUT2D eigenvalue weighted by Gasteiger charge is -2.41. The fourth-order valence-electron chi connectivity index (χ4n) is 2.68. The molecular weight excluding hydrogens is 220 g/mol. The van der Waals surface area contributed by atoms with Crippen molar-refractivity contribution in [3.8, 4) is 0 Å². The smallest absolute Gasteiger partial charge is 0.0777 e. The van der Waals surface area contributed by atoms with Crippen LogP contribution >= 0.6 is 11.8 Å². The molecule has 2 rings (SSSR count). The third-order valence-corrected chi connectivity index (χ3v) is 4.84. The molecule has 2 saturated heterocycles. The fourth-order valence-corrected chi connectivity index (χ4v) is 3.62. The van der Waals surface area contributed by atoms with Crippen LogP contribution < -0.4 is 5.32 Å². The van der Waals surface area contributed by atoms with Crippen LogP contribution in [-0.4, -0.2) is 61.3 Å². The highest BCUT2D eigenvalue weighted by atomic mass is 32.2. The fraction of sp³-hybridized carbons (Fsp3) is 1.00. The van der Waals surface area contributed by atoms with Gasteiger partial charge in [0.2, 0.25) is 0 Å². The van der Waals surface area contributed by atoms with Crippen LogP contribution in [0.25, 0.3) is 0 Å². The maximum absolute atomic E-state index is 5.63. The molecule has 0 spiro atoms. The molecule has 1 N–H and O–H groups in total. The molecule has 2 heterocycles. The summed E-state index contributed by atoms with van der Waals surface area (Å²) in [6, 6.07) is 0.679. The van der Waals surface area contributed by atoms with E-state index in [1.807, 2.05) is 7.11 Å². The summed E-state index contributed by atoms with van der Waals surface area (Å²) in [7, 11) is 1.85. The van der Waals surface area contributed by atoms with Gasteiger partial charge in [-0.2, -0.15) is 11.8 Å². The summed E-state index contributed by atoms with van der Waals surface area (Å²) in [6.07, 6.45) is 2.47. The van der Waals surface area contributed by atoms with Crippen LogP contribution in [0.4, 0.5) is 0 Å². The second kappa shape index (κ2) is 5.71. The second-order valence-corrected chi connectivity index (χ2v) is 6.37. The van der Waals surface area contributed by atoms with Gasteiger partial charge in [0.05, 0.1) is 5.60 Å². The molecule has 16 heavy (non-hydrogen) atoms. The number of thioether (sulfide) groups is 1. The van der Waals surface area contributed by atoms with Crippen molar-refractivity contribution < 1.29 is 4.74 Å². The molecule has 0 aliphatic carbocycles. The van der Waals surface area contributed by atoms with Crippen molar-refractivity contribution in [1.82, 2.24) is 10.2 Å². The van der Waals surface area contributed by atoms with Gasteiger partial charge in [0.1, 0.15) is 0 Å². The Morgan fingerprint density at radius 3 is 3.12 bits per heavy atom. The van der Waals surface area contributed by atoms with E-state index in [0.29, 0.717) is 6.04 Å². The highest BCUT2D eigenvalue weighted by Crippen LogP contribution is 2.24. The standard InChI is InChI=1S/C12H24N2OS/c1-12(15-2)4-3-6-14(10-12)8-11-9-16-7-5-13-11/h11,13H,3-10H2,1-2H3. The lowest BCUT2D eigenvalue weighted by molar-refractivity contribution is -0.0518. The first-order chi connectivity index (χ1) is 7.72. The molecule has 2 unspecified atom stereocenters. The first-order valence-corrected chi connectivity index (χ1v) is 7.46. The molecule has 94 valence electrons. The molecule has 0 bridgehead atoms. The average Bonchev–Trinajstić information content (AvgIpc) is 2.30. The van der Waals surface area contributed by atoms with Gasteiger partial charge in [-0.25, -0.2) is 0 Å². The quantitative estimate of drug-likeness (QED) is 0.806. The molecule has 2 aliphatic heterocycles. The summed E-state index contributed by atoms with van der Waals surface area (Å²) in [5.74, 6) is 2.53. The summed E-state index contributed by atoms with van der Waals surface area (Å²) in [4.78, 5) is 2.57. The largest absolute Gasteiger partial charge is 0.377 e. The Hall–Kier alpha value is 0.230. The Balaban J connectivity index is 1.80. The van der Waals surface area contributed by atoms with Gasteiger partial charge < -0.3 is 10.1 Å². The van der Waals surface area contributed by atoms with E-state index in [4.69, 9.17) is 4.74 Å². The lowest BCUT2D eigenvalue weighted by Crippen LogP contribution is -2.53. The monoisotopic (exact) mass is 244 g/mol. The predicted octanol–water partition coefficient (Wildman–Crippen LogP) is 1.19. The number of methoxy groups -OCH3 is 1. The SMILES string of the molecule is COC1(C)CCCN(CC2CSCCN2)C1. The Bertz CT molecular complexity index is 221. The molecule has 2 fully saturated rings. The lowest BCUT2D eigenvalue weighted by atomic mass is 9.94. The number of nitrogens with one attached hydrogen (secondary N) is 1. The van der Waals surface area contributed by atoms with Crippen LogP contribution in [0.1, 0.15) is 19.8 Å². The van der Waals surface area contributed by atoms with E-state index in [1.165, 1.54) is 44.0 Å². The molecule has 3 nitrogen and oxygen atoms in total. The van der Waals surface area contributed by atoms with Crippen LogP contribution in [0.15, 0.2) is 0 Å². The van der Waals surface area contributed by atoms with Crippen LogP contribution in [-0.2, 0) is 4.74 Å². The molecule has 0 aromatic carbocycles. The summed E-state index contributed by atoms with van der Waals surface area (Å²) in [6.45, 7) is 6.92. The number of ether oxygens (including phenoxy) is 1. The zero-order chi connectivity index (χ0) is 11.4. The normalized spacial score (nSPS) is 37.5. The van der Waals surface area contributed by atoms with Crippen molar-refractivity contribution in [2.24, 2.45) is 0 Å². The van der Waals surface area contributed by atoms with E-state index < -0.39 is 0 Å². The topological polar surface area (TPSA) is 24.5 Å². The maximum atomic E-state index is 5.63. The Labute approximate surface area is 103 Å². The first kappa shape index (κ1) is 12.7. The predicted molar refractivity (Wildman–Crippen MR) is 70.2 cm³/mol. The van der Waals surface area contributed by atoms with Gasteiger partial charge >= 0.3 is 0 Å². The van der Waals surface area contributed by atoms with E-state index in [9.17, 15) is 0 Å².